The number of β-lactam (4-membered cyclic amide) rings is 1. The molecule has 2 aromatic rings. The van der Waals surface area contributed by atoms with Crippen LogP contribution in [0.15, 0.2) is 60.7 Å². The summed E-state index contributed by atoms with van der Waals surface area (Å²) in [4.78, 5) is 94.3. The molecule has 0 aromatic heterocycles. The Morgan fingerprint density at radius 3 is 1.98 bits per heavy atom. The van der Waals surface area contributed by atoms with E-state index in [4.69, 9.17) is 0 Å². The number of hydrogen-bond donors (Lipinski definition) is 4. The van der Waals surface area contributed by atoms with Gasteiger partial charge in [-0.2, -0.15) is 0 Å². The van der Waals surface area contributed by atoms with Gasteiger partial charge in [-0.05, 0) is 31.9 Å². The molecule has 4 N–H and O–H groups in total. The number of carbonyl (C=O) groups is 7. The second-order valence-corrected chi connectivity index (χ2v) is 13.3. The fourth-order valence-electron chi connectivity index (χ4n) is 5.87. The summed E-state index contributed by atoms with van der Waals surface area (Å²) in [5, 5.41) is 17.0. The Balaban J connectivity index is 1.37. The van der Waals surface area contributed by atoms with Crippen molar-refractivity contribution < 1.29 is 38.7 Å². The van der Waals surface area contributed by atoms with E-state index in [-0.39, 0.29) is 13.1 Å². The molecule has 3 aliphatic heterocycles. The van der Waals surface area contributed by atoms with E-state index in [0.29, 0.717) is 17.7 Å². The van der Waals surface area contributed by atoms with Gasteiger partial charge in [-0.3, -0.25) is 28.9 Å². The lowest BCUT2D eigenvalue weighted by Crippen LogP contribution is -2.71. The van der Waals surface area contributed by atoms with Crippen molar-refractivity contribution in [2.75, 3.05) is 19.6 Å². The summed E-state index contributed by atoms with van der Waals surface area (Å²) in [5.41, 5.74) is 0.732. The molecule has 3 fully saturated rings. The molecule has 14 nitrogen and oxygen atoms in total. The summed E-state index contributed by atoms with van der Waals surface area (Å²) in [6, 6.07) is 10.8. The number of amides is 7. The number of nitrogens with zero attached hydrogens (tertiary/aromatic N) is 3. The number of nitrogens with one attached hydrogen (secondary N) is 3. The molecule has 5 atom stereocenters. The summed E-state index contributed by atoms with van der Waals surface area (Å²) in [6.07, 6.45) is 0. The Morgan fingerprint density at radius 1 is 0.870 bits per heavy atom. The van der Waals surface area contributed by atoms with E-state index < -0.39 is 75.8 Å². The van der Waals surface area contributed by atoms with Gasteiger partial charge >= 0.3 is 23.8 Å². The first-order valence-corrected chi connectivity index (χ1v) is 15.6. The molecule has 0 aliphatic carbocycles. The summed E-state index contributed by atoms with van der Waals surface area (Å²) >= 11 is 1.27. The third-order valence-corrected chi connectivity index (χ3v) is 9.82. The van der Waals surface area contributed by atoms with Crippen LogP contribution in [0.3, 0.4) is 0 Å². The molecule has 0 spiro atoms. The highest BCUT2D eigenvalue weighted by Crippen LogP contribution is 2.50. The molecule has 0 radical (unpaired) electrons. The zero-order valence-corrected chi connectivity index (χ0v) is 26.2. The van der Waals surface area contributed by atoms with Gasteiger partial charge in [0.2, 0.25) is 17.7 Å². The van der Waals surface area contributed by atoms with Crippen molar-refractivity contribution in [1.29, 1.82) is 0 Å². The molecule has 3 heterocycles. The number of urea groups is 1. The first-order valence-electron chi connectivity index (χ1n) is 14.7. The lowest BCUT2D eigenvalue weighted by Gasteiger charge is -2.44. The average Bonchev–Trinajstić information content (AvgIpc) is 3.30. The van der Waals surface area contributed by atoms with Crippen molar-refractivity contribution in [3.63, 3.8) is 0 Å². The van der Waals surface area contributed by atoms with Crippen LogP contribution in [-0.2, 0) is 28.8 Å². The third kappa shape index (κ3) is 6.01. The van der Waals surface area contributed by atoms with Gasteiger partial charge in [-0.15, -0.1) is 11.8 Å². The van der Waals surface area contributed by atoms with Gasteiger partial charge in [0.15, 0.2) is 0 Å². The van der Waals surface area contributed by atoms with Crippen LogP contribution in [0.25, 0.3) is 0 Å². The van der Waals surface area contributed by atoms with Gasteiger partial charge in [-0.1, -0.05) is 60.7 Å². The zero-order valence-electron chi connectivity index (χ0n) is 25.3. The Kier molecular flexibility index (Phi) is 9.06. The minimum atomic E-state index is -1.37. The van der Waals surface area contributed by atoms with Crippen molar-refractivity contribution in [1.82, 2.24) is 30.7 Å². The highest BCUT2D eigenvalue weighted by Gasteiger charge is 2.64. The molecule has 46 heavy (non-hydrogen) atoms. The number of benzene rings is 2. The van der Waals surface area contributed by atoms with Gasteiger partial charge in [0.05, 0.1) is 0 Å². The number of rotatable bonds is 9. The highest BCUT2D eigenvalue weighted by atomic mass is 32.2. The van der Waals surface area contributed by atoms with Crippen LogP contribution in [0.2, 0.25) is 0 Å². The minimum absolute atomic E-state index is 0.0619. The Hall–Kier alpha value is -4.92. The smallest absolute Gasteiger partial charge is 0.327 e. The lowest BCUT2D eigenvalue weighted by atomic mass is 9.95. The topological polar surface area (TPSA) is 186 Å². The number of carboxylic acids is 1. The van der Waals surface area contributed by atoms with E-state index in [0.717, 1.165) is 4.90 Å². The standard InChI is InChI=1S/C31H34N6O8S/c1-4-35-15-16-36(27(42)26(35)41)30(45)34-20(18-13-9-6-10-14-18)24(39)32-19(17-11-7-5-8-12-17)23(38)33-21-25(40)37-22(29(43)44)31(2,3)46-28(21)37/h5-14,19-22,28H,4,15-16H2,1-3H3,(H,32,39)(H,33,38)(H,34,45)(H,43,44). The molecule has 5 rings (SSSR count). The van der Waals surface area contributed by atoms with E-state index >= 15 is 0 Å². The summed E-state index contributed by atoms with van der Waals surface area (Å²) in [6.45, 7) is 5.55. The lowest BCUT2D eigenvalue weighted by molar-refractivity contribution is -0.161. The van der Waals surface area contributed by atoms with Crippen molar-refractivity contribution in [3.05, 3.63) is 71.8 Å². The number of aliphatic carboxylic acids is 1. The second-order valence-electron chi connectivity index (χ2n) is 11.6. The number of hydrogen-bond acceptors (Lipinski definition) is 8. The molecule has 2 aromatic carbocycles. The predicted octanol–water partition coefficient (Wildman–Crippen LogP) is 0.617. The first kappa shape index (κ1) is 32.5. The van der Waals surface area contributed by atoms with E-state index in [1.165, 1.54) is 21.6 Å². The van der Waals surface area contributed by atoms with Crippen molar-refractivity contribution in [3.8, 4) is 0 Å². The highest BCUT2D eigenvalue weighted by molar-refractivity contribution is 8.01. The van der Waals surface area contributed by atoms with Crippen LogP contribution in [0.5, 0.6) is 0 Å². The Bertz CT molecular complexity index is 1570. The van der Waals surface area contributed by atoms with Gasteiger partial charge in [-0.25, -0.2) is 9.59 Å². The summed E-state index contributed by atoms with van der Waals surface area (Å²) in [7, 11) is 0. The molecule has 7 amide bonds. The minimum Gasteiger partial charge on any atom is -0.480 e. The van der Waals surface area contributed by atoms with Gasteiger partial charge < -0.3 is 30.9 Å². The van der Waals surface area contributed by atoms with Crippen molar-refractivity contribution in [2.24, 2.45) is 0 Å². The quantitative estimate of drug-likeness (QED) is 0.223. The van der Waals surface area contributed by atoms with Crippen LogP contribution in [0, 0.1) is 0 Å². The molecular formula is C31H34N6O8S. The molecule has 15 heteroatoms. The third-order valence-electron chi connectivity index (χ3n) is 8.25. The molecular weight excluding hydrogens is 616 g/mol. The number of imide groups is 1. The van der Waals surface area contributed by atoms with E-state index in [1.807, 2.05) is 0 Å². The van der Waals surface area contributed by atoms with Crippen molar-refractivity contribution >= 4 is 53.3 Å². The maximum absolute atomic E-state index is 13.9. The number of carbonyl (C=O) groups excluding carboxylic acids is 6. The van der Waals surface area contributed by atoms with Crippen LogP contribution < -0.4 is 16.0 Å². The number of piperazine rings is 1. The van der Waals surface area contributed by atoms with E-state index in [9.17, 15) is 38.7 Å². The van der Waals surface area contributed by atoms with E-state index in [2.05, 4.69) is 16.0 Å². The predicted molar refractivity (Wildman–Crippen MR) is 165 cm³/mol. The largest absolute Gasteiger partial charge is 0.480 e. The van der Waals surface area contributed by atoms with Gasteiger partial charge in [0.1, 0.15) is 29.5 Å². The molecule has 3 saturated heterocycles. The van der Waals surface area contributed by atoms with Gasteiger partial charge in [0, 0.05) is 24.4 Å². The normalized spacial score (nSPS) is 23.2. The van der Waals surface area contributed by atoms with E-state index in [1.54, 1.807) is 81.4 Å². The SMILES string of the molecule is CCN1CCN(C(=O)NC(C(=O)NC(C(=O)NC2C(=O)N3C2SC(C)(C)C3C(=O)O)c2ccccc2)c2ccccc2)C(=O)C1=O. The maximum Gasteiger partial charge on any atom is 0.327 e. The second kappa shape index (κ2) is 12.8. The Morgan fingerprint density at radius 2 is 1.43 bits per heavy atom. The molecule has 5 unspecified atom stereocenters. The monoisotopic (exact) mass is 650 g/mol. The van der Waals surface area contributed by atoms with Crippen molar-refractivity contribution in [2.45, 2.75) is 55.1 Å². The average molecular weight is 651 g/mol. The molecule has 3 aliphatic rings. The molecule has 0 saturated carbocycles. The number of likely N-dealkylation sites (N-methyl/N-ethyl adjacent to an activating group) is 1. The van der Waals surface area contributed by atoms with Crippen LogP contribution in [0.4, 0.5) is 4.79 Å². The van der Waals surface area contributed by atoms with Crippen LogP contribution in [0.1, 0.15) is 44.0 Å². The molecule has 242 valence electrons. The summed E-state index contributed by atoms with van der Waals surface area (Å²) < 4.78 is -0.797. The number of thioether (sulfide) groups is 1. The Labute approximate surface area is 268 Å². The zero-order chi connectivity index (χ0) is 33.3. The van der Waals surface area contributed by atoms with Crippen LogP contribution >= 0.6 is 11.8 Å². The molecule has 0 bridgehead atoms. The maximum atomic E-state index is 13.9. The first-order chi connectivity index (χ1) is 21.9. The fourth-order valence-corrected chi connectivity index (χ4v) is 7.50. The number of carboxylic acid groups (broad SMARTS) is 1. The van der Waals surface area contributed by atoms with Crippen LogP contribution in [-0.4, -0.2) is 103 Å². The fraction of sp³-hybridized carbons (Fsp3) is 0.387. The number of fused-ring (bicyclic) bond motifs is 1. The summed E-state index contributed by atoms with van der Waals surface area (Å²) in [5.74, 6) is -5.04. The van der Waals surface area contributed by atoms with Gasteiger partial charge in [0.25, 0.3) is 0 Å².